The quantitative estimate of drug-likeness (QED) is 0.827. The molecule has 20 heavy (non-hydrogen) atoms. The maximum atomic E-state index is 12.3. The highest BCUT2D eigenvalue weighted by Gasteiger charge is 2.28. The summed E-state index contributed by atoms with van der Waals surface area (Å²) in [4.78, 5) is 25.0. The van der Waals surface area contributed by atoms with E-state index >= 15 is 0 Å². The van der Waals surface area contributed by atoms with Crippen molar-refractivity contribution in [2.45, 2.75) is 25.3 Å². The van der Waals surface area contributed by atoms with Crippen LogP contribution in [0, 0.1) is 0 Å². The van der Waals surface area contributed by atoms with Crippen LogP contribution in [-0.4, -0.2) is 43.5 Å². The SMILES string of the molecule is COC(=O)CCCN(C)C(=O)[C@@H]1Cc2ccccc2N1. The average Bonchev–Trinajstić information content (AvgIpc) is 2.89. The number of methoxy groups -OCH3 is 1. The van der Waals surface area contributed by atoms with Gasteiger partial charge in [-0.2, -0.15) is 0 Å². The predicted molar refractivity (Wildman–Crippen MR) is 76.4 cm³/mol. The maximum Gasteiger partial charge on any atom is 0.305 e. The summed E-state index contributed by atoms with van der Waals surface area (Å²) in [5, 5.41) is 3.24. The second-order valence-corrected chi connectivity index (χ2v) is 5.00. The number of benzene rings is 1. The van der Waals surface area contributed by atoms with Crippen molar-refractivity contribution < 1.29 is 14.3 Å². The zero-order valence-electron chi connectivity index (χ0n) is 11.9. The Bertz CT molecular complexity index is 477. The highest BCUT2D eigenvalue weighted by molar-refractivity contribution is 5.87. The zero-order chi connectivity index (χ0) is 14.5. The van der Waals surface area contributed by atoms with Crippen molar-refractivity contribution in [1.82, 2.24) is 4.90 Å². The number of nitrogens with one attached hydrogen (secondary N) is 1. The number of nitrogens with zero attached hydrogens (tertiary/aromatic N) is 1. The fourth-order valence-corrected chi connectivity index (χ4v) is 2.39. The zero-order valence-corrected chi connectivity index (χ0v) is 11.9. The number of esters is 1. The lowest BCUT2D eigenvalue weighted by Gasteiger charge is -2.21. The second-order valence-electron chi connectivity index (χ2n) is 5.00. The van der Waals surface area contributed by atoms with E-state index in [2.05, 4.69) is 10.1 Å². The Morgan fingerprint density at radius 2 is 2.15 bits per heavy atom. The summed E-state index contributed by atoms with van der Waals surface area (Å²) < 4.78 is 4.58. The van der Waals surface area contributed by atoms with Gasteiger partial charge < -0.3 is 15.0 Å². The Balaban J connectivity index is 1.82. The molecule has 1 aromatic carbocycles. The first kappa shape index (κ1) is 14.4. The van der Waals surface area contributed by atoms with Crippen LogP contribution < -0.4 is 5.32 Å². The van der Waals surface area contributed by atoms with E-state index in [1.54, 1.807) is 11.9 Å². The van der Waals surface area contributed by atoms with Crippen LogP contribution in [0.1, 0.15) is 18.4 Å². The van der Waals surface area contributed by atoms with Crippen LogP contribution in [0.5, 0.6) is 0 Å². The van der Waals surface area contributed by atoms with Gasteiger partial charge >= 0.3 is 5.97 Å². The van der Waals surface area contributed by atoms with Crippen molar-refractivity contribution in [2.75, 3.05) is 26.0 Å². The maximum absolute atomic E-state index is 12.3. The normalized spacial score (nSPS) is 16.2. The minimum Gasteiger partial charge on any atom is -0.469 e. The van der Waals surface area contributed by atoms with Gasteiger partial charge in [-0.3, -0.25) is 9.59 Å². The Morgan fingerprint density at radius 3 is 2.85 bits per heavy atom. The van der Waals surface area contributed by atoms with E-state index < -0.39 is 0 Å². The molecule has 0 aliphatic carbocycles. The second kappa shape index (κ2) is 6.41. The Kier molecular flexibility index (Phi) is 4.61. The molecule has 1 heterocycles. The first-order chi connectivity index (χ1) is 9.61. The lowest BCUT2D eigenvalue weighted by molar-refractivity contribution is -0.141. The number of hydrogen-bond donors (Lipinski definition) is 1. The highest BCUT2D eigenvalue weighted by Crippen LogP contribution is 2.25. The molecule has 1 aliphatic rings. The number of amides is 1. The summed E-state index contributed by atoms with van der Waals surface area (Å²) in [5.74, 6) is -0.177. The van der Waals surface area contributed by atoms with Gasteiger partial charge in [-0.1, -0.05) is 18.2 Å². The largest absolute Gasteiger partial charge is 0.469 e. The molecule has 0 fully saturated rings. The van der Waals surface area contributed by atoms with E-state index in [4.69, 9.17) is 0 Å². The molecule has 108 valence electrons. The summed E-state index contributed by atoms with van der Waals surface area (Å²) >= 11 is 0. The Hall–Kier alpha value is -2.04. The Labute approximate surface area is 118 Å². The van der Waals surface area contributed by atoms with E-state index in [9.17, 15) is 9.59 Å². The van der Waals surface area contributed by atoms with Crippen molar-refractivity contribution in [1.29, 1.82) is 0 Å². The summed E-state index contributed by atoms with van der Waals surface area (Å²) in [6, 6.07) is 7.76. The first-order valence-corrected chi connectivity index (χ1v) is 6.78. The molecular weight excluding hydrogens is 256 g/mol. The van der Waals surface area contributed by atoms with E-state index in [1.165, 1.54) is 12.7 Å². The average molecular weight is 276 g/mol. The molecule has 0 aromatic heterocycles. The fraction of sp³-hybridized carbons (Fsp3) is 0.467. The molecule has 0 unspecified atom stereocenters. The lowest BCUT2D eigenvalue weighted by atomic mass is 10.1. The Morgan fingerprint density at radius 1 is 1.40 bits per heavy atom. The van der Waals surface area contributed by atoms with Crippen LogP contribution >= 0.6 is 0 Å². The van der Waals surface area contributed by atoms with Gasteiger partial charge in [0.25, 0.3) is 0 Å². The van der Waals surface area contributed by atoms with Gasteiger partial charge in [-0.25, -0.2) is 0 Å². The standard InChI is InChI=1S/C15H20N2O3/c1-17(9-5-8-14(18)20-2)15(19)13-10-11-6-3-4-7-12(11)16-13/h3-4,6-7,13,16H,5,8-10H2,1-2H3/t13-/m0/s1. The molecule has 2 rings (SSSR count). The third kappa shape index (κ3) is 3.29. The minimum absolute atomic E-state index is 0.0612. The number of rotatable bonds is 5. The number of ether oxygens (including phenoxy) is 1. The number of carbonyl (C=O) groups is 2. The molecule has 0 saturated carbocycles. The number of hydrogen-bond acceptors (Lipinski definition) is 4. The first-order valence-electron chi connectivity index (χ1n) is 6.78. The van der Waals surface area contributed by atoms with E-state index in [0.717, 1.165) is 12.1 Å². The predicted octanol–water partition coefficient (Wildman–Crippen LogP) is 1.43. The number of fused-ring (bicyclic) bond motifs is 1. The van der Waals surface area contributed by atoms with Gasteiger partial charge in [0.2, 0.25) is 5.91 Å². The molecule has 1 aromatic rings. The molecule has 1 atom stereocenters. The fourth-order valence-electron chi connectivity index (χ4n) is 2.39. The number of likely N-dealkylation sites (N-methyl/N-ethyl adjacent to an activating group) is 1. The van der Waals surface area contributed by atoms with Gasteiger partial charge in [0.15, 0.2) is 0 Å². The molecule has 0 saturated heterocycles. The van der Waals surface area contributed by atoms with Crippen LogP contribution in [0.25, 0.3) is 0 Å². The third-order valence-electron chi connectivity index (χ3n) is 3.55. The number of anilines is 1. The highest BCUT2D eigenvalue weighted by atomic mass is 16.5. The molecule has 1 N–H and O–H groups in total. The van der Waals surface area contributed by atoms with Crippen molar-refractivity contribution in [3.8, 4) is 0 Å². The van der Waals surface area contributed by atoms with Crippen molar-refractivity contribution in [3.63, 3.8) is 0 Å². The van der Waals surface area contributed by atoms with Gasteiger partial charge in [-0.05, 0) is 18.1 Å². The summed E-state index contributed by atoms with van der Waals surface area (Å²) in [6.45, 7) is 0.558. The van der Waals surface area contributed by atoms with Gasteiger partial charge in [0.1, 0.15) is 6.04 Å². The van der Waals surface area contributed by atoms with Crippen molar-refractivity contribution in [3.05, 3.63) is 29.8 Å². The topological polar surface area (TPSA) is 58.6 Å². The van der Waals surface area contributed by atoms with Crippen LogP contribution in [0.15, 0.2) is 24.3 Å². The number of para-hydroxylation sites is 1. The molecule has 1 aliphatic heterocycles. The monoisotopic (exact) mass is 276 g/mol. The minimum atomic E-state index is -0.239. The van der Waals surface area contributed by atoms with E-state index in [0.29, 0.717) is 19.4 Å². The molecule has 1 amide bonds. The van der Waals surface area contributed by atoms with E-state index in [1.807, 2.05) is 24.3 Å². The van der Waals surface area contributed by atoms with Crippen molar-refractivity contribution >= 4 is 17.6 Å². The van der Waals surface area contributed by atoms with Crippen LogP contribution in [0.2, 0.25) is 0 Å². The van der Waals surface area contributed by atoms with Crippen LogP contribution in [0.4, 0.5) is 5.69 Å². The number of carbonyl (C=O) groups excluding carboxylic acids is 2. The molecule has 5 nitrogen and oxygen atoms in total. The van der Waals surface area contributed by atoms with Crippen LogP contribution in [-0.2, 0) is 20.7 Å². The molecule has 0 radical (unpaired) electrons. The molecular formula is C15H20N2O3. The third-order valence-corrected chi connectivity index (χ3v) is 3.55. The summed E-state index contributed by atoms with van der Waals surface area (Å²) in [7, 11) is 3.14. The van der Waals surface area contributed by atoms with Crippen molar-refractivity contribution in [2.24, 2.45) is 0 Å². The van der Waals surface area contributed by atoms with Gasteiger partial charge in [-0.15, -0.1) is 0 Å². The molecule has 0 spiro atoms. The van der Waals surface area contributed by atoms with Gasteiger partial charge in [0, 0.05) is 32.1 Å². The lowest BCUT2D eigenvalue weighted by Crippen LogP contribution is -2.40. The van der Waals surface area contributed by atoms with E-state index in [-0.39, 0.29) is 17.9 Å². The van der Waals surface area contributed by atoms with Gasteiger partial charge in [0.05, 0.1) is 7.11 Å². The molecule has 5 heteroatoms. The molecule has 0 bridgehead atoms. The van der Waals surface area contributed by atoms with Crippen LogP contribution in [0.3, 0.4) is 0 Å². The smallest absolute Gasteiger partial charge is 0.305 e. The summed E-state index contributed by atoms with van der Waals surface area (Å²) in [5.41, 5.74) is 2.21. The summed E-state index contributed by atoms with van der Waals surface area (Å²) in [6.07, 6.45) is 1.68.